The monoisotopic (exact) mass is 325 g/mol. The topological polar surface area (TPSA) is 51.8 Å². The molecule has 0 fully saturated rings. The second-order valence-electron chi connectivity index (χ2n) is 5.56. The molecule has 3 aromatic rings. The molecule has 3 rings (SSSR count). The molecule has 0 saturated heterocycles. The molecule has 118 valence electrons. The highest BCUT2D eigenvalue weighted by Gasteiger charge is 2.16. The van der Waals surface area contributed by atoms with Gasteiger partial charge in [0, 0.05) is 23.7 Å². The Balaban J connectivity index is 1.69. The van der Waals surface area contributed by atoms with Crippen molar-refractivity contribution in [3.8, 4) is 11.5 Å². The fourth-order valence-corrected chi connectivity index (χ4v) is 3.02. The summed E-state index contributed by atoms with van der Waals surface area (Å²) in [5.74, 6) is 2.11. The molecule has 2 aromatic heterocycles. The zero-order valence-electron chi connectivity index (χ0n) is 13.5. The van der Waals surface area contributed by atoms with Crippen LogP contribution in [0.15, 0.2) is 47.1 Å². The van der Waals surface area contributed by atoms with Crippen molar-refractivity contribution in [2.24, 2.45) is 0 Å². The Morgan fingerprint density at radius 3 is 2.74 bits per heavy atom. The van der Waals surface area contributed by atoms with E-state index in [-0.39, 0.29) is 5.25 Å². The molecule has 1 unspecified atom stereocenters. The van der Waals surface area contributed by atoms with Gasteiger partial charge in [-0.25, -0.2) is 0 Å². The Morgan fingerprint density at radius 1 is 1.13 bits per heavy atom. The summed E-state index contributed by atoms with van der Waals surface area (Å²) < 4.78 is 5.86. The first kappa shape index (κ1) is 15.7. The van der Waals surface area contributed by atoms with Crippen molar-refractivity contribution in [3.05, 3.63) is 65.3 Å². The smallest absolute Gasteiger partial charge is 0.247 e. The third kappa shape index (κ3) is 3.79. The summed E-state index contributed by atoms with van der Waals surface area (Å²) >= 11 is 1.76. The van der Waals surface area contributed by atoms with Crippen LogP contribution in [0.3, 0.4) is 0 Å². The van der Waals surface area contributed by atoms with Crippen molar-refractivity contribution >= 4 is 11.8 Å². The molecule has 0 N–H and O–H groups in total. The van der Waals surface area contributed by atoms with Gasteiger partial charge in [0.15, 0.2) is 0 Å². The van der Waals surface area contributed by atoms with Crippen LogP contribution in [0.25, 0.3) is 11.5 Å². The second-order valence-corrected chi connectivity index (χ2v) is 6.89. The summed E-state index contributed by atoms with van der Waals surface area (Å²) in [6.45, 7) is 6.26. The number of hydrogen-bond donors (Lipinski definition) is 0. The highest BCUT2D eigenvalue weighted by molar-refractivity contribution is 7.98. The third-order valence-electron chi connectivity index (χ3n) is 3.77. The molecular weight excluding hydrogens is 306 g/mol. The van der Waals surface area contributed by atoms with Crippen LogP contribution in [-0.4, -0.2) is 15.2 Å². The molecule has 0 aliphatic rings. The maximum absolute atomic E-state index is 5.86. The fraction of sp³-hybridized carbons (Fsp3) is 0.278. The minimum atomic E-state index is 0.142. The largest absolute Gasteiger partial charge is 0.420 e. The lowest BCUT2D eigenvalue weighted by Crippen LogP contribution is -1.90. The first-order valence-corrected chi connectivity index (χ1v) is 8.60. The lowest BCUT2D eigenvalue weighted by Gasteiger charge is -2.06. The molecule has 0 spiro atoms. The summed E-state index contributed by atoms with van der Waals surface area (Å²) in [6, 6.07) is 10.2. The third-order valence-corrected chi connectivity index (χ3v) is 4.97. The van der Waals surface area contributed by atoms with Crippen LogP contribution in [0.2, 0.25) is 0 Å². The lowest BCUT2D eigenvalue weighted by atomic mass is 10.1. The molecule has 0 saturated carbocycles. The van der Waals surface area contributed by atoms with E-state index in [1.807, 2.05) is 18.3 Å². The summed E-state index contributed by atoms with van der Waals surface area (Å²) in [5, 5.41) is 8.54. The molecule has 1 atom stereocenters. The molecule has 0 aliphatic heterocycles. The van der Waals surface area contributed by atoms with Gasteiger partial charge in [-0.2, -0.15) is 0 Å². The molecule has 0 amide bonds. The maximum Gasteiger partial charge on any atom is 0.247 e. The maximum atomic E-state index is 5.86. The van der Waals surface area contributed by atoms with E-state index >= 15 is 0 Å². The normalized spacial score (nSPS) is 12.3. The van der Waals surface area contributed by atoms with E-state index in [9.17, 15) is 0 Å². The fourth-order valence-electron chi connectivity index (χ4n) is 2.17. The highest BCUT2D eigenvalue weighted by Crippen LogP contribution is 2.31. The van der Waals surface area contributed by atoms with E-state index in [0.717, 1.165) is 11.3 Å². The highest BCUT2D eigenvalue weighted by atomic mass is 32.2. The van der Waals surface area contributed by atoms with Crippen molar-refractivity contribution in [3.63, 3.8) is 0 Å². The molecular formula is C18H19N3OS. The zero-order chi connectivity index (χ0) is 16.2. The quantitative estimate of drug-likeness (QED) is 0.678. The molecule has 0 bridgehead atoms. The first-order valence-electron chi connectivity index (χ1n) is 7.55. The average molecular weight is 325 g/mol. The zero-order valence-corrected chi connectivity index (χ0v) is 14.3. The van der Waals surface area contributed by atoms with Crippen molar-refractivity contribution in [1.82, 2.24) is 15.2 Å². The van der Waals surface area contributed by atoms with Gasteiger partial charge in [-0.05, 0) is 55.7 Å². The van der Waals surface area contributed by atoms with Crippen LogP contribution in [-0.2, 0) is 5.75 Å². The molecule has 2 heterocycles. The number of hydrogen-bond acceptors (Lipinski definition) is 5. The van der Waals surface area contributed by atoms with Crippen LogP contribution >= 0.6 is 11.8 Å². The van der Waals surface area contributed by atoms with Crippen LogP contribution in [0, 0.1) is 13.8 Å². The molecule has 0 radical (unpaired) electrons. The van der Waals surface area contributed by atoms with Gasteiger partial charge in [-0.1, -0.05) is 12.1 Å². The Bertz CT molecular complexity index is 786. The Labute approximate surface area is 140 Å². The standard InChI is InChI=1S/C18H19N3OS/c1-12-6-7-16(9-13(12)2)18-21-20-17(22-18)14(3)23-11-15-5-4-8-19-10-15/h4-10,14H,11H2,1-3H3. The Morgan fingerprint density at radius 2 is 2.00 bits per heavy atom. The van der Waals surface area contributed by atoms with Crippen molar-refractivity contribution in [2.45, 2.75) is 31.8 Å². The predicted octanol–water partition coefficient (Wildman–Crippen LogP) is 4.74. The Hall–Kier alpha value is -2.14. The second kappa shape index (κ2) is 6.96. The molecule has 23 heavy (non-hydrogen) atoms. The lowest BCUT2D eigenvalue weighted by molar-refractivity contribution is 0.509. The van der Waals surface area contributed by atoms with E-state index < -0.39 is 0 Å². The molecule has 5 heteroatoms. The number of nitrogens with zero attached hydrogens (tertiary/aromatic N) is 3. The number of benzene rings is 1. The van der Waals surface area contributed by atoms with Crippen molar-refractivity contribution < 1.29 is 4.42 Å². The number of aryl methyl sites for hydroxylation is 2. The summed E-state index contributed by atoms with van der Waals surface area (Å²) in [5.41, 5.74) is 4.64. The van der Waals surface area contributed by atoms with E-state index in [0.29, 0.717) is 11.8 Å². The predicted molar refractivity (Wildman–Crippen MR) is 93.2 cm³/mol. The van der Waals surface area contributed by atoms with E-state index in [1.165, 1.54) is 16.7 Å². The molecule has 4 nitrogen and oxygen atoms in total. The van der Waals surface area contributed by atoms with E-state index in [1.54, 1.807) is 18.0 Å². The minimum absolute atomic E-state index is 0.142. The van der Waals surface area contributed by atoms with Gasteiger partial charge < -0.3 is 4.42 Å². The van der Waals surface area contributed by atoms with Gasteiger partial charge in [-0.15, -0.1) is 22.0 Å². The van der Waals surface area contributed by atoms with Gasteiger partial charge in [0.2, 0.25) is 11.8 Å². The average Bonchev–Trinajstić information content (AvgIpc) is 3.06. The van der Waals surface area contributed by atoms with Crippen molar-refractivity contribution in [1.29, 1.82) is 0 Å². The van der Waals surface area contributed by atoms with Gasteiger partial charge in [-0.3, -0.25) is 4.98 Å². The van der Waals surface area contributed by atoms with Gasteiger partial charge in [0.25, 0.3) is 0 Å². The van der Waals surface area contributed by atoms with Crippen LogP contribution in [0.4, 0.5) is 0 Å². The minimum Gasteiger partial charge on any atom is -0.420 e. The summed E-state index contributed by atoms with van der Waals surface area (Å²) in [6.07, 6.45) is 3.67. The Kier molecular flexibility index (Phi) is 4.76. The number of pyridine rings is 1. The summed E-state index contributed by atoms with van der Waals surface area (Å²) in [7, 11) is 0. The number of thioether (sulfide) groups is 1. The van der Waals surface area contributed by atoms with E-state index in [2.05, 4.69) is 54.2 Å². The van der Waals surface area contributed by atoms with Gasteiger partial charge in [0.1, 0.15) is 0 Å². The van der Waals surface area contributed by atoms with Crippen molar-refractivity contribution in [2.75, 3.05) is 0 Å². The van der Waals surface area contributed by atoms with Crippen LogP contribution in [0.5, 0.6) is 0 Å². The van der Waals surface area contributed by atoms with Gasteiger partial charge in [0.05, 0.1) is 5.25 Å². The SMILES string of the molecule is Cc1ccc(-c2nnc(C(C)SCc3cccnc3)o2)cc1C. The first-order chi connectivity index (χ1) is 11.1. The van der Waals surface area contributed by atoms with Gasteiger partial charge >= 0.3 is 0 Å². The van der Waals surface area contributed by atoms with E-state index in [4.69, 9.17) is 4.42 Å². The van der Waals surface area contributed by atoms with Crippen LogP contribution in [0.1, 0.15) is 34.8 Å². The summed E-state index contributed by atoms with van der Waals surface area (Å²) in [4.78, 5) is 4.13. The number of aromatic nitrogens is 3. The number of rotatable bonds is 5. The van der Waals surface area contributed by atoms with Crippen LogP contribution < -0.4 is 0 Å². The molecule has 0 aliphatic carbocycles. The molecule has 1 aromatic carbocycles.